The molecule has 0 aliphatic carbocycles. The van der Waals surface area contributed by atoms with E-state index < -0.39 is 18.4 Å². The van der Waals surface area contributed by atoms with E-state index >= 15 is 0 Å². The van der Waals surface area contributed by atoms with Crippen molar-refractivity contribution < 1.29 is 25.2 Å². The molecule has 5 heteroatoms. The van der Waals surface area contributed by atoms with E-state index in [9.17, 15) is 4.79 Å². The second kappa shape index (κ2) is 8.45. The first-order valence-corrected chi connectivity index (χ1v) is 3.68. The molecule has 0 heterocycles. The lowest BCUT2D eigenvalue weighted by atomic mass is 10.3. The Morgan fingerprint density at radius 2 is 1.67 bits per heavy atom. The molecule has 74 valence electrons. The highest BCUT2D eigenvalue weighted by molar-refractivity contribution is 5.71. The summed E-state index contributed by atoms with van der Waals surface area (Å²) >= 11 is 0. The summed E-state index contributed by atoms with van der Waals surface area (Å²) in [6, 6.07) is 0. The van der Waals surface area contributed by atoms with Crippen molar-refractivity contribution in [2.75, 3.05) is 0 Å². The highest BCUT2D eigenvalue weighted by Gasteiger charge is 2.01. The molecule has 0 rings (SSSR count). The Hall–Kier alpha value is -0.650. The number of aliphatic hydroxyl groups is 3. The van der Waals surface area contributed by atoms with Gasteiger partial charge in [-0.15, -0.1) is 0 Å². The lowest BCUT2D eigenvalue weighted by Crippen LogP contribution is -2.13. The van der Waals surface area contributed by atoms with Crippen LogP contribution in [0, 0.1) is 0 Å². The van der Waals surface area contributed by atoms with Crippen LogP contribution in [0.3, 0.4) is 0 Å². The number of carbonyl (C=O) groups is 1. The van der Waals surface area contributed by atoms with Crippen LogP contribution in [0.25, 0.3) is 0 Å². The minimum atomic E-state index is -1.23. The van der Waals surface area contributed by atoms with Crippen LogP contribution in [0.15, 0.2) is 0 Å². The molecule has 5 nitrogen and oxygen atoms in total. The molecule has 0 bridgehead atoms. The number of hydrogen-bond acceptors (Lipinski definition) is 4. The van der Waals surface area contributed by atoms with Crippen LogP contribution in [0.2, 0.25) is 0 Å². The van der Waals surface area contributed by atoms with Crippen LogP contribution >= 0.6 is 0 Å². The molecule has 0 fully saturated rings. The molecule has 0 saturated heterocycles. The van der Waals surface area contributed by atoms with Crippen molar-refractivity contribution in [1.29, 1.82) is 0 Å². The highest BCUT2D eigenvalue weighted by atomic mass is 16.5. The first kappa shape index (κ1) is 13.9. The fraction of sp³-hybridized carbons (Fsp3) is 0.857. The fourth-order valence-electron chi connectivity index (χ4n) is 0.258. The molecular formula is C7H16O5. The average molecular weight is 180 g/mol. The molecule has 0 aromatic heterocycles. The van der Waals surface area contributed by atoms with Gasteiger partial charge in [-0.1, -0.05) is 13.3 Å². The van der Waals surface area contributed by atoms with Crippen molar-refractivity contribution in [2.45, 2.75) is 39.1 Å². The van der Waals surface area contributed by atoms with Gasteiger partial charge in [0.1, 0.15) is 6.10 Å². The summed E-state index contributed by atoms with van der Waals surface area (Å²) in [4.78, 5) is 9.45. The summed E-state index contributed by atoms with van der Waals surface area (Å²) in [5.41, 5.74) is 0. The van der Waals surface area contributed by atoms with Crippen molar-refractivity contribution >= 4 is 5.97 Å². The van der Waals surface area contributed by atoms with Crippen molar-refractivity contribution in [2.24, 2.45) is 0 Å². The van der Waals surface area contributed by atoms with Crippen LogP contribution in [-0.4, -0.2) is 38.8 Å². The topological polar surface area (TPSA) is 98.0 Å². The standard InChI is InChI=1S/C4H10O2.C3H6O3/c1-2-3-4(5)6;1-2(4)3(5)6/h4-6H,2-3H2,1H3;2,4H,1H3,(H,5,6). The molecule has 0 aliphatic heterocycles. The summed E-state index contributed by atoms with van der Waals surface area (Å²) in [6.07, 6.45) is -1.02. The zero-order chi connectivity index (χ0) is 10.1. The molecule has 1 atom stereocenters. The SMILES string of the molecule is CC(O)C(=O)O.CCCC(O)O. The van der Waals surface area contributed by atoms with Gasteiger partial charge in [-0.2, -0.15) is 0 Å². The third-order valence-electron chi connectivity index (χ3n) is 0.904. The second-order valence-corrected chi connectivity index (χ2v) is 2.28. The number of carboxylic acids is 1. The molecule has 0 aromatic rings. The van der Waals surface area contributed by atoms with E-state index in [0.29, 0.717) is 6.42 Å². The summed E-state index contributed by atoms with van der Waals surface area (Å²) < 4.78 is 0. The molecule has 0 aliphatic rings. The largest absolute Gasteiger partial charge is 0.479 e. The highest BCUT2D eigenvalue weighted by Crippen LogP contribution is 1.88. The monoisotopic (exact) mass is 180 g/mol. The Balaban J connectivity index is 0. The Bertz CT molecular complexity index is 110. The van der Waals surface area contributed by atoms with Gasteiger partial charge in [0.25, 0.3) is 0 Å². The van der Waals surface area contributed by atoms with Crippen molar-refractivity contribution in [3.05, 3.63) is 0 Å². The molecule has 0 radical (unpaired) electrons. The molecule has 1 unspecified atom stereocenters. The predicted molar refractivity (Wildman–Crippen MR) is 42.5 cm³/mol. The summed E-state index contributed by atoms with van der Waals surface area (Å²) in [6.45, 7) is 3.10. The van der Waals surface area contributed by atoms with E-state index in [1.807, 2.05) is 6.92 Å². The lowest BCUT2D eigenvalue weighted by Gasteiger charge is -1.94. The summed E-state index contributed by atoms with van der Waals surface area (Å²) in [7, 11) is 0. The van der Waals surface area contributed by atoms with E-state index in [1.165, 1.54) is 6.92 Å². The molecule has 12 heavy (non-hydrogen) atoms. The number of aliphatic carboxylic acids is 1. The third kappa shape index (κ3) is 16.2. The quantitative estimate of drug-likeness (QED) is 0.441. The van der Waals surface area contributed by atoms with Gasteiger partial charge < -0.3 is 20.4 Å². The van der Waals surface area contributed by atoms with Crippen molar-refractivity contribution in [3.8, 4) is 0 Å². The number of rotatable bonds is 3. The first-order valence-electron chi connectivity index (χ1n) is 3.68. The fourth-order valence-corrected chi connectivity index (χ4v) is 0.258. The van der Waals surface area contributed by atoms with Crippen LogP contribution < -0.4 is 0 Å². The van der Waals surface area contributed by atoms with Gasteiger partial charge in [0.15, 0.2) is 6.29 Å². The molecule has 0 spiro atoms. The minimum absolute atomic E-state index is 0.486. The second-order valence-electron chi connectivity index (χ2n) is 2.28. The average Bonchev–Trinajstić information content (AvgIpc) is 1.87. The molecular weight excluding hydrogens is 164 g/mol. The van der Waals surface area contributed by atoms with Crippen molar-refractivity contribution in [3.63, 3.8) is 0 Å². The zero-order valence-electron chi connectivity index (χ0n) is 7.27. The Morgan fingerprint density at radius 1 is 1.33 bits per heavy atom. The normalized spacial score (nSPS) is 11.8. The van der Waals surface area contributed by atoms with Crippen LogP contribution in [0.1, 0.15) is 26.7 Å². The van der Waals surface area contributed by atoms with Crippen LogP contribution in [0.4, 0.5) is 0 Å². The first-order chi connectivity index (χ1) is 5.41. The summed E-state index contributed by atoms with van der Waals surface area (Å²) in [5.74, 6) is -1.19. The van der Waals surface area contributed by atoms with Gasteiger partial charge >= 0.3 is 5.97 Å². The van der Waals surface area contributed by atoms with Gasteiger partial charge in [0, 0.05) is 0 Å². The van der Waals surface area contributed by atoms with Gasteiger partial charge in [0.2, 0.25) is 0 Å². The maximum absolute atomic E-state index is 9.45. The van der Waals surface area contributed by atoms with E-state index in [0.717, 1.165) is 6.42 Å². The van der Waals surface area contributed by atoms with E-state index in [4.69, 9.17) is 20.4 Å². The zero-order valence-corrected chi connectivity index (χ0v) is 7.27. The van der Waals surface area contributed by atoms with Gasteiger partial charge in [-0.3, -0.25) is 0 Å². The van der Waals surface area contributed by atoms with Crippen molar-refractivity contribution in [1.82, 2.24) is 0 Å². The smallest absolute Gasteiger partial charge is 0.332 e. The van der Waals surface area contributed by atoms with E-state index in [-0.39, 0.29) is 0 Å². The van der Waals surface area contributed by atoms with Gasteiger partial charge in [-0.25, -0.2) is 4.79 Å². The van der Waals surface area contributed by atoms with E-state index in [1.54, 1.807) is 0 Å². The third-order valence-corrected chi connectivity index (χ3v) is 0.904. The minimum Gasteiger partial charge on any atom is -0.479 e. The van der Waals surface area contributed by atoms with Gasteiger partial charge in [-0.05, 0) is 13.3 Å². The maximum Gasteiger partial charge on any atom is 0.332 e. The Morgan fingerprint density at radius 3 is 1.67 bits per heavy atom. The maximum atomic E-state index is 9.45. The van der Waals surface area contributed by atoms with Gasteiger partial charge in [0.05, 0.1) is 0 Å². The summed E-state index contributed by atoms with van der Waals surface area (Å²) in [5, 5.41) is 32.0. The molecule has 4 N–H and O–H groups in total. The van der Waals surface area contributed by atoms with Crippen LogP contribution in [-0.2, 0) is 4.79 Å². The van der Waals surface area contributed by atoms with E-state index in [2.05, 4.69) is 0 Å². The van der Waals surface area contributed by atoms with Crippen LogP contribution in [0.5, 0.6) is 0 Å². The Kier molecular flexibility index (Phi) is 9.79. The lowest BCUT2D eigenvalue weighted by molar-refractivity contribution is -0.145. The Labute approximate surface area is 71.3 Å². The predicted octanol–water partition coefficient (Wildman–Crippen LogP) is -0.451. The number of hydrogen-bond donors (Lipinski definition) is 4. The molecule has 0 saturated carbocycles. The molecule has 0 aromatic carbocycles. The number of aliphatic hydroxyl groups excluding tert-OH is 2. The molecule has 0 amide bonds. The number of carboxylic acid groups (broad SMARTS) is 1.